The molecule has 3 aliphatic heterocycles. The molecule has 0 bridgehead atoms. The quantitative estimate of drug-likeness (QED) is 0.0182. The number of azide groups is 1. The number of imidazole rings is 1. The summed E-state index contributed by atoms with van der Waals surface area (Å²) in [6.07, 6.45) is -10.7. The topological polar surface area (TPSA) is 424 Å². The summed E-state index contributed by atoms with van der Waals surface area (Å²) in [6.45, 7) is -1.94. The van der Waals surface area contributed by atoms with Crippen LogP contribution in [0.2, 0.25) is 0 Å². The number of anilines is 2. The lowest BCUT2D eigenvalue weighted by atomic mass is 10.0. The molecule has 8 rings (SSSR count). The molecule has 5 aromatic rings. The third-order valence-electron chi connectivity index (χ3n) is 11.5. The lowest BCUT2D eigenvalue weighted by Gasteiger charge is -2.29. The van der Waals surface area contributed by atoms with Crippen LogP contribution in [-0.4, -0.2) is 130 Å². The van der Waals surface area contributed by atoms with E-state index in [9.17, 15) is 43.3 Å². The van der Waals surface area contributed by atoms with Crippen LogP contribution in [0.15, 0.2) is 89.4 Å². The van der Waals surface area contributed by atoms with Crippen LogP contribution in [0.3, 0.4) is 0 Å². The minimum absolute atomic E-state index is 0.0243. The summed E-state index contributed by atoms with van der Waals surface area (Å²) in [7, 11) is -10.7. The van der Waals surface area contributed by atoms with E-state index in [2.05, 4.69) is 35.3 Å². The fourth-order valence-corrected chi connectivity index (χ4v) is 9.36. The molecule has 3 unspecified atom stereocenters. The number of hydrogen-bond acceptors (Lipinski definition) is 22. The maximum Gasteiger partial charge on any atom is 0.472 e. The molecular weight excluding hydrogens is 1010 g/mol. The Morgan fingerprint density at radius 1 is 0.932 bits per heavy atom. The molecule has 11 atom stereocenters. The summed E-state index contributed by atoms with van der Waals surface area (Å²) in [5.41, 5.74) is 21.3. The maximum atomic E-state index is 14.3. The van der Waals surface area contributed by atoms with E-state index in [0.29, 0.717) is 24.1 Å². The first-order valence-corrected chi connectivity index (χ1v) is 25.2. The maximum absolute atomic E-state index is 14.3. The first-order chi connectivity index (χ1) is 34.9. The predicted octanol–water partition coefficient (Wildman–Crippen LogP) is 2.32. The number of esters is 1. The number of ether oxygens (including phenoxy) is 6. The minimum atomic E-state index is -5.47. The van der Waals surface area contributed by atoms with Crippen molar-refractivity contribution in [1.82, 2.24) is 34.4 Å². The second kappa shape index (κ2) is 23.2. The molecule has 32 heteroatoms. The Bertz CT molecular complexity index is 2940. The Morgan fingerprint density at radius 3 is 2.38 bits per heavy atom. The molecule has 390 valence electrons. The summed E-state index contributed by atoms with van der Waals surface area (Å²) in [4.78, 5) is 89.9. The van der Waals surface area contributed by atoms with Crippen molar-refractivity contribution in [3.63, 3.8) is 0 Å². The number of amides is 1. The van der Waals surface area contributed by atoms with Crippen LogP contribution < -0.4 is 22.5 Å². The lowest BCUT2D eigenvalue weighted by molar-refractivity contribution is -0.181. The van der Waals surface area contributed by atoms with Crippen LogP contribution in [0.4, 0.5) is 22.1 Å². The summed E-state index contributed by atoms with van der Waals surface area (Å²) in [6, 6.07) is 14.9. The summed E-state index contributed by atoms with van der Waals surface area (Å²) in [5.74, 6) is -1.28. The average molecular weight is 1060 g/mol. The highest BCUT2D eigenvalue weighted by atomic mass is 31.2. The van der Waals surface area contributed by atoms with Gasteiger partial charge in [0, 0.05) is 29.8 Å². The highest BCUT2D eigenvalue weighted by Gasteiger charge is 2.54. The van der Waals surface area contributed by atoms with Crippen LogP contribution in [0.5, 0.6) is 0 Å². The number of aliphatic hydroxyl groups excluding tert-OH is 1. The predicted molar refractivity (Wildman–Crippen MR) is 246 cm³/mol. The van der Waals surface area contributed by atoms with Crippen molar-refractivity contribution in [1.29, 1.82) is 0 Å². The number of phosphoric acid groups is 2. The Hall–Kier alpha value is -6.46. The van der Waals surface area contributed by atoms with E-state index in [1.54, 1.807) is 42.5 Å². The van der Waals surface area contributed by atoms with E-state index in [1.807, 2.05) is 0 Å². The van der Waals surface area contributed by atoms with Gasteiger partial charge in [-0.1, -0.05) is 59.7 Å². The molecular formula is C41H48N12O18P2. The molecule has 73 heavy (non-hydrogen) atoms. The van der Waals surface area contributed by atoms with Crippen molar-refractivity contribution in [2.75, 3.05) is 31.3 Å². The zero-order valence-electron chi connectivity index (χ0n) is 38.0. The Balaban J connectivity index is 1.05. The number of fused-ring (bicyclic) bond motifs is 1. The Morgan fingerprint density at radius 2 is 1.67 bits per heavy atom. The smallest absolute Gasteiger partial charge is 0.455 e. The van der Waals surface area contributed by atoms with Gasteiger partial charge in [0.2, 0.25) is 0 Å². The number of nitrogens with one attached hydrogen (secondary N) is 1. The van der Waals surface area contributed by atoms with Crippen molar-refractivity contribution in [2.45, 2.75) is 93.7 Å². The third kappa shape index (κ3) is 13.4. The monoisotopic (exact) mass is 1060 g/mol. The summed E-state index contributed by atoms with van der Waals surface area (Å²) >= 11 is 0. The van der Waals surface area contributed by atoms with Crippen molar-refractivity contribution >= 4 is 56.2 Å². The van der Waals surface area contributed by atoms with Crippen molar-refractivity contribution in [3.05, 3.63) is 112 Å². The van der Waals surface area contributed by atoms with Gasteiger partial charge in [0.1, 0.15) is 60.8 Å². The number of hydrogen-bond donors (Lipinski definition) is 7. The van der Waals surface area contributed by atoms with Crippen LogP contribution in [-0.2, 0) is 68.9 Å². The molecule has 0 saturated carbocycles. The SMILES string of the molecule is [N-]=[N+]=Nc1ccc(COC(=O)N[C@@H](CCc2ccccc2)C(=O)O[C@@H]2C(COP(=O)(O)O[C@H]3[C@@H](OC4CCCO4)[C@H](n4ccc(N)nc4=O)O[C@@H]3COP(=O)(O)O)O[C@@H](n3cnc4c(N)ncnc43)[C@@H]2O)cc1. The van der Waals surface area contributed by atoms with Gasteiger partial charge in [-0.25, -0.2) is 38.5 Å². The minimum Gasteiger partial charge on any atom is -0.455 e. The van der Waals surface area contributed by atoms with Crippen molar-refractivity contribution in [3.8, 4) is 0 Å². The highest BCUT2D eigenvalue weighted by Crippen LogP contribution is 2.51. The van der Waals surface area contributed by atoms with Gasteiger partial charge in [-0.3, -0.25) is 22.7 Å². The van der Waals surface area contributed by atoms with Gasteiger partial charge < -0.3 is 65.0 Å². The number of carbonyl (C=O) groups is 2. The summed E-state index contributed by atoms with van der Waals surface area (Å²) in [5, 5.41) is 17.9. The number of aromatic nitrogens is 6. The molecule has 3 fully saturated rings. The molecule has 6 heterocycles. The number of benzene rings is 2. The number of carbonyl (C=O) groups excluding carboxylic acids is 2. The standard InChI is InChI=1S/C41H48N12O18P2/c42-28-14-15-52(40(56)49-28)38-34(69-29-7-4-16-63-29)33(27(68-38)18-65-72(58,59)60)71-73(61,62)66-19-26-32(31(54)37(67-26)53-21-47-30-35(43)45-20-46-36(30)53)70-39(55)25(13-10-22-5-2-1-3-6-22)48-41(57)64-17-23-8-11-24(12-9-23)50-51-44/h1-3,5-6,8-9,11-12,14-15,20-21,25-27,29,31-34,37-38,54H,4,7,10,13,16-19H2,(H,48,57)(H,61,62)(H2,42,49,56)(H2,43,45,46)(H2,58,59,60)/t25-,26?,27+,29?,31+,32+,33+,34+,37+,38+/m0/s1. The number of alkyl carbamates (subject to hydrolysis) is 1. The largest absolute Gasteiger partial charge is 0.472 e. The molecule has 3 aromatic heterocycles. The lowest BCUT2D eigenvalue weighted by Crippen LogP contribution is -2.47. The fourth-order valence-electron chi connectivity index (χ4n) is 8.06. The van der Waals surface area contributed by atoms with E-state index in [1.165, 1.54) is 35.3 Å². The van der Waals surface area contributed by atoms with E-state index in [0.717, 1.165) is 16.5 Å². The number of nitrogens with two attached hydrogens (primary N) is 2. The average Bonchev–Trinajstić information content (AvgIpc) is 4.16. The highest BCUT2D eigenvalue weighted by molar-refractivity contribution is 7.47. The van der Waals surface area contributed by atoms with E-state index in [4.69, 9.17) is 59.0 Å². The van der Waals surface area contributed by atoms with Crippen LogP contribution in [0.25, 0.3) is 21.6 Å². The van der Waals surface area contributed by atoms with Crippen LogP contribution >= 0.6 is 15.6 Å². The van der Waals surface area contributed by atoms with Crippen molar-refractivity contribution in [2.24, 2.45) is 5.11 Å². The van der Waals surface area contributed by atoms with Gasteiger partial charge in [0.25, 0.3) is 0 Å². The van der Waals surface area contributed by atoms with Crippen LogP contribution in [0.1, 0.15) is 42.8 Å². The second-order valence-corrected chi connectivity index (χ2v) is 19.1. The van der Waals surface area contributed by atoms with E-state index in [-0.39, 0.29) is 48.9 Å². The zero-order chi connectivity index (χ0) is 51.9. The van der Waals surface area contributed by atoms with Crippen molar-refractivity contribution < 1.29 is 80.5 Å². The molecule has 1 amide bonds. The molecule has 3 aliphatic rings. The Kier molecular flexibility index (Phi) is 16.8. The van der Waals surface area contributed by atoms with Gasteiger partial charge in [-0.15, -0.1) is 0 Å². The molecule has 0 spiro atoms. The number of rotatable bonds is 21. The molecule has 2 aromatic carbocycles. The van der Waals surface area contributed by atoms with Gasteiger partial charge in [-0.05, 0) is 42.0 Å². The first kappa shape index (κ1) is 52.9. The number of aliphatic hydroxyl groups is 1. The van der Waals surface area contributed by atoms with Gasteiger partial charge >= 0.3 is 33.4 Å². The first-order valence-electron chi connectivity index (χ1n) is 22.2. The van der Waals surface area contributed by atoms with E-state index < -0.39 is 108 Å². The van der Waals surface area contributed by atoms with E-state index >= 15 is 0 Å². The van der Waals surface area contributed by atoms with Gasteiger partial charge in [-0.2, -0.15) is 4.98 Å². The van der Waals surface area contributed by atoms with Crippen LogP contribution in [0, 0.1) is 0 Å². The summed E-state index contributed by atoms with van der Waals surface area (Å²) < 4.78 is 79.1. The number of phosphoric ester groups is 2. The zero-order valence-corrected chi connectivity index (χ0v) is 39.8. The molecule has 30 nitrogen and oxygen atoms in total. The number of nitrogens with zero attached hydrogens (tertiary/aromatic N) is 9. The normalized spacial score (nSPS) is 25.2. The molecule has 3 saturated heterocycles. The second-order valence-electron chi connectivity index (χ2n) is 16.5. The van der Waals surface area contributed by atoms with Gasteiger partial charge in [0.15, 0.2) is 36.3 Å². The molecule has 0 radical (unpaired) electrons. The Labute approximate surface area is 411 Å². The number of nitrogen functional groups attached to an aromatic ring is 2. The number of aryl methyl sites for hydroxylation is 1. The molecule has 0 aliphatic carbocycles. The molecule has 9 N–H and O–H groups in total. The fraction of sp³-hybridized carbons (Fsp3) is 0.439. The third-order valence-corrected chi connectivity index (χ3v) is 13.0. The van der Waals surface area contributed by atoms with Gasteiger partial charge in [0.05, 0.1) is 19.5 Å².